The van der Waals surface area contributed by atoms with E-state index in [4.69, 9.17) is 5.84 Å². The minimum atomic E-state index is 0.522. The summed E-state index contributed by atoms with van der Waals surface area (Å²) in [4.78, 5) is 8.95. The number of aromatic nitrogens is 2. The zero-order chi connectivity index (χ0) is 14.4. The molecule has 0 bridgehead atoms. The van der Waals surface area contributed by atoms with Crippen molar-refractivity contribution >= 4 is 23.4 Å². The predicted octanol–water partition coefficient (Wildman–Crippen LogP) is 2.80. The van der Waals surface area contributed by atoms with Crippen molar-refractivity contribution in [1.82, 2.24) is 9.97 Å². The van der Waals surface area contributed by atoms with Crippen LogP contribution in [0.2, 0.25) is 0 Å². The molecule has 1 aliphatic rings. The van der Waals surface area contributed by atoms with E-state index < -0.39 is 0 Å². The molecule has 1 fully saturated rings. The van der Waals surface area contributed by atoms with Gasteiger partial charge in [0.1, 0.15) is 17.5 Å². The highest BCUT2D eigenvalue weighted by atomic mass is 32.2. The van der Waals surface area contributed by atoms with Crippen LogP contribution in [-0.2, 0) is 6.42 Å². The van der Waals surface area contributed by atoms with E-state index in [9.17, 15) is 0 Å². The van der Waals surface area contributed by atoms with Crippen molar-refractivity contribution in [3.05, 3.63) is 11.9 Å². The van der Waals surface area contributed by atoms with Gasteiger partial charge in [-0.1, -0.05) is 13.8 Å². The van der Waals surface area contributed by atoms with Gasteiger partial charge in [0.15, 0.2) is 0 Å². The Bertz CT molecular complexity index is 426. The number of thioether (sulfide) groups is 1. The summed E-state index contributed by atoms with van der Waals surface area (Å²) >= 11 is 2.07. The average Bonchev–Trinajstić information content (AvgIpc) is 2.86. The maximum absolute atomic E-state index is 5.48. The van der Waals surface area contributed by atoms with Crippen LogP contribution in [0.5, 0.6) is 0 Å². The Labute approximate surface area is 125 Å². The van der Waals surface area contributed by atoms with Gasteiger partial charge in [0.05, 0.1) is 0 Å². The average molecular weight is 295 g/mol. The third kappa shape index (κ3) is 4.24. The summed E-state index contributed by atoms with van der Waals surface area (Å²) in [5.41, 5.74) is 2.62. The normalized spacial score (nSPS) is 21.9. The van der Waals surface area contributed by atoms with E-state index >= 15 is 0 Å². The Kier molecular flexibility index (Phi) is 5.91. The summed E-state index contributed by atoms with van der Waals surface area (Å²) in [6, 6.07) is 2.41. The number of nitrogens with two attached hydrogens (primary N) is 1. The molecule has 5 nitrogen and oxygen atoms in total. The molecule has 0 aromatic carbocycles. The fourth-order valence-corrected chi connectivity index (χ4v) is 3.79. The van der Waals surface area contributed by atoms with Gasteiger partial charge >= 0.3 is 0 Å². The van der Waals surface area contributed by atoms with Crippen LogP contribution < -0.4 is 16.6 Å². The van der Waals surface area contributed by atoms with Gasteiger partial charge < -0.3 is 10.7 Å². The lowest BCUT2D eigenvalue weighted by Gasteiger charge is -2.15. The molecule has 6 heteroatoms. The molecule has 0 saturated heterocycles. The number of hydrogen-bond acceptors (Lipinski definition) is 6. The molecule has 1 aromatic rings. The van der Waals surface area contributed by atoms with E-state index in [1.54, 1.807) is 0 Å². The van der Waals surface area contributed by atoms with Crippen LogP contribution in [0.15, 0.2) is 6.07 Å². The minimum absolute atomic E-state index is 0.522. The van der Waals surface area contributed by atoms with E-state index in [-0.39, 0.29) is 0 Å². The van der Waals surface area contributed by atoms with Crippen molar-refractivity contribution < 1.29 is 0 Å². The Hall–Kier alpha value is -1.01. The van der Waals surface area contributed by atoms with Crippen molar-refractivity contribution in [2.24, 2.45) is 5.84 Å². The lowest BCUT2D eigenvalue weighted by atomic mass is 10.2. The van der Waals surface area contributed by atoms with Gasteiger partial charge in [-0.05, 0) is 31.4 Å². The quantitative estimate of drug-likeness (QED) is 0.530. The summed E-state index contributed by atoms with van der Waals surface area (Å²) < 4.78 is 0. The highest BCUT2D eigenvalue weighted by molar-refractivity contribution is 7.99. The van der Waals surface area contributed by atoms with Crippen molar-refractivity contribution in [1.29, 1.82) is 0 Å². The summed E-state index contributed by atoms with van der Waals surface area (Å²) in [6.07, 6.45) is 5.65. The molecule has 0 spiro atoms. The van der Waals surface area contributed by atoms with Gasteiger partial charge in [0.2, 0.25) is 0 Å². The molecule has 112 valence electrons. The van der Waals surface area contributed by atoms with Crippen LogP contribution in [0, 0.1) is 0 Å². The second-order valence-electron chi connectivity index (χ2n) is 5.18. The highest BCUT2D eigenvalue weighted by Crippen LogP contribution is 2.31. The van der Waals surface area contributed by atoms with Gasteiger partial charge in [-0.25, -0.2) is 15.8 Å². The van der Waals surface area contributed by atoms with Gasteiger partial charge in [-0.2, -0.15) is 11.8 Å². The molecule has 0 amide bonds. The standard InChI is InChI=1S/C14H25N5S/c1-3-5-12-17-13(9-14(18-12)19-15)16-10-6-7-11(8-10)20-4-2/h9-11H,3-8,15H2,1-2H3,(H2,16,17,18,19). The fraction of sp³-hybridized carbons (Fsp3) is 0.714. The van der Waals surface area contributed by atoms with Gasteiger partial charge in [0.25, 0.3) is 0 Å². The minimum Gasteiger partial charge on any atom is -0.367 e. The fourth-order valence-electron chi connectivity index (χ4n) is 2.65. The molecule has 0 aliphatic heterocycles. The van der Waals surface area contributed by atoms with E-state index in [2.05, 4.69) is 46.3 Å². The van der Waals surface area contributed by atoms with Crippen LogP contribution in [0.3, 0.4) is 0 Å². The van der Waals surface area contributed by atoms with Crippen molar-refractivity contribution in [2.75, 3.05) is 16.5 Å². The lowest BCUT2D eigenvalue weighted by Crippen LogP contribution is -2.19. The molecule has 1 aliphatic carbocycles. The number of hydrazine groups is 1. The summed E-state index contributed by atoms with van der Waals surface area (Å²) in [5, 5.41) is 4.34. The molecule has 2 atom stereocenters. The lowest BCUT2D eigenvalue weighted by molar-refractivity contribution is 0.745. The van der Waals surface area contributed by atoms with Gasteiger partial charge in [0, 0.05) is 23.8 Å². The number of rotatable bonds is 7. The van der Waals surface area contributed by atoms with Crippen molar-refractivity contribution in [2.45, 2.75) is 57.2 Å². The van der Waals surface area contributed by atoms with Crippen LogP contribution in [0.1, 0.15) is 45.4 Å². The first kappa shape index (κ1) is 15.4. The van der Waals surface area contributed by atoms with E-state index in [0.29, 0.717) is 11.9 Å². The summed E-state index contributed by atoms with van der Waals surface area (Å²) in [5.74, 6) is 9.11. The predicted molar refractivity (Wildman–Crippen MR) is 87.0 cm³/mol. The number of nitrogen functional groups attached to an aromatic ring is 1. The number of hydrogen-bond donors (Lipinski definition) is 3. The third-order valence-corrected chi connectivity index (χ3v) is 4.77. The zero-order valence-corrected chi connectivity index (χ0v) is 13.2. The molecule has 2 rings (SSSR count). The zero-order valence-electron chi connectivity index (χ0n) is 12.4. The summed E-state index contributed by atoms with van der Waals surface area (Å²) in [6.45, 7) is 4.36. The van der Waals surface area contributed by atoms with Crippen molar-refractivity contribution in [3.63, 3.8) is 0 Å². The topological polar surface area (TPSA) is 75.9 Å². The molecular weight excluding hydrogens is 270 g/mol. The maximum Gasteiger partial charge on any atom is 0.145 e. The Morgan fingerprint density at radius 1 is 1.30 bits per heavy atom. The van der Waals surface area contributed by atoms with Gasteiger partial charge in [-0.15, -0.1) is 0 Å². The molecule has 4 N–H and O–H groups in total. The Morgan fingerprint density at radius 2 is 2.10 bits per heavy atom. The molecule has 2 unspecified atom stereocenters. The van der Waals surface area contributed by atoms with Crippen LogP contribution in [0.25, 0.3) is 0 Å². The molecule has 20 heavy (non-hydrogen) atoms. The van der Waals surface area contributed by atoms with Crippen LogP contribution in [0.4, 0.5) is 11.6 Å². The molecule has 1 aromatic heterocycles. The van der Waals surface area contributed by atoms with Crippen LogP contribution in [-0.4, -0.2) is 27.0 Å². The number of nitrogens with one attached hydrogen (secondary N) is 2. The molecule has 1 heterocycles. The summed E-state index contributed by atoms with van der Waals surface area (Å²) in [7, 11) is 0. The molecule has 0 radical (unpaired) electrons. The van der Waals surface area contributed by atoms with E-state index in [0.717, 1.165) is 29.7 Å². The Balaban J connectivity index is 1.99. The van der Waals surface area contributed by atoms with E-state index in [1.165, 1.54) is 25.0 Å². The smallest absolute Gasteiger partial charge is 0.145 e. The third-order valence-electron chi connectivity index (χ3n) is 3.53. The van der Waals surface area contributed by atoms with Gasteiger partial charge in [-0.3, -0.25) is 0 Å². The first-order chi connectivity index (χ1) is 9.75. The highest BCUT2D eigenvalue weighted by Gasteiger charge is 2.24. The van der Waals surface area contributed by atoms with E-state index in [1.807, 2.05) is 6.07 Å². The second kappa shape index (κ2) is 7.69. The second-order valence-corrected chi connectivity index (χ2v) is 6.76. The molecule has 1 saturated carbocycles. The Morgan fingerprint density at radius 3 is 2.80 bits per heavy atom. The maximum atomic E-state index is 5.48. The van der Waals surface area contributed by atoms with Crippen molar-refractivity contribution in [3.8, 4) is 0 Å². The number of aryl methyl sites for hydroxylation is 1. The monoisotopic (exact) mass is 295 g/mol. The first-order valence-electron chi connectivity index (χ1n) is 7.47. The number of anilines is 2. The largest absolute Gasteiger partial charge is 0.367 e. The molecular formula is C14H25N5S. The number of nitrogens with zero attached hydrogens (tertiary/aromatic N) is 2. The van der Waals surface area contributed by atoms with Crippen LogP contribution >= 0.6 is 11.8 Å². The SMILES string of the molecule is CCCc1nc(NN)cc(NC2CCC(SCC)C2)n1. The first-order valence-corrected chi connectivity index (χ1v) is 8.52.